The van der Waals surface area contributed by atoms with Crippen molar-refractivity contribution in [2.24, 2.45) is 0 Å². The summed E-state index contributed by atoms with van der Waals surface area (Å²) in [5, 5.41) is 8.33. The SMILES string of the molecule is COc1ccccc1CC(=O)N1CCC[C@@H](c2nnc(-c3ccccn3)o2)C1. The number of hydrogen-bond donors (Lipinski definition) is 0. The molecule has 1 aliphatic heterocycles. The number of benzene rings is 1. The molecule has 0 unspecified atom stereocenters. The number of likely N-dealkylation sites (tertiary alicyclic amines) is 1. The minimum absolute atomic E-state index is 0.0420. The highest BCUT2D eigenvalue weighted by molar-refractivity contribution is 5.79. The van der Waals surface area contributed by atoms with Crippen molar-refractivity contribution >= 4 is 5.91 Å². The number of pyridine rings is 1. The van der Waals surface area contributed by atoms with Gasteiger partial charge in [-0.05, 0) is 31.0 Å². The Kier molecular flexibility index (Phi) is 5.32. The third-order valence-electron chi connectivity index (χ3n) is 4.98. The molecule has 3 aromatic rings. The molecule has 0 bridgehead atoms. The maximum atomic E-state index is 12.8. The van der Waals surface area contributed by atoms with Crippen LogP contribution >= 0.6 is 0 Å². The fourth-order valence-electron chi connectivity index (χ4n) is 3.52. The van der Waals surface area contributed by atoms with E-state index in [1.165, 1.54) is 0 Å². The summed E-state index contributed by atoms with van der Waals surface area (Å²) in [6, 6.07) is 13.2. The largest absolute Gasteiger partial charge is 0.496 e. The average Bonchev–Trinajstić information content (AvgIpc) is 3.25. The van der Waals surface area contributed by atoms with Crippen molar-refractivity contribution in [3.8, 4) is 17.3 Å². The van der Waals surface area contributed by atoms with Gasteiger partial charge in [0.1, 0.15) is 11.4 Å². The molecule has 4 rings (SSSR count). The molecule has 0 N–H and O–H groups in total. The molecular formula is C21H22N4O3. The molecule has 2 aromatic heterocycles. The lowest BCUT2D eigenvalue weighted by Crippen LogP contribution is -2.40. The van der Waals surface area contributed by atoms with Crippen molar-refractivity contribution in [3.05, 3.63) is 60.1 Å². The zero-order valence-corrected chi connectivity index (χ0v) is 15.7. The number of nitrogens with zero attached hydrogens (tertiary/aromatic N) is 4. The number of para-hydroxylation sites is 1. The second-order valence-corrected chi connectivity index (χ2v) is 6.83. The number of hydrogen-bond acceptors (Lipinski definition) is 6. The number of amides is 1. The molecule has 144 valence electrons. The summed E-state index contributed by atoms with van der Waals surface area (Å²) >= 11 is 0. The molecule has 1 amide bonds. The van der Waals surface area contributed by atoms with Gasteiger partial charge < -0.3 is 14.1 Å². The number of rotatable bonds is 5. The molecule has 1 fully saturated rings. The second-order valence-electron chi connectivity index (χ2n) is 6.83. The quantitative estimate of drug-likeness (QED) is 0.679. The predicted octanol–water partition coefficient (Wildman–Crippen LogP) is 3.09. The Morgan fingerprint density at radius 2 is 2.07 bits per heavy atom. The lowest BCUT2D eigenvalue weighted by atomic mass is 9.97. The van der Waals surface area contributed by atoms with E-state index < -0.39 is 0 Å². The smallest absolute Gasteiger partial charge is 0.266 e. The van der Waals surface area contributed by atoms with Crippen LogP contribution in [0, 0.1) is 0 Å². The lowest BCUT2D eigenvalue weighted by molar-refractivity contribution is -0.131. The molecule has 7 nitrogen and oxygen atoms in total. The number of ether oxygens (including phenoxy) is 1. The normalized spacial score (nSPS) is 16.8. The first-order valence-electron chi connectivity index (χ1n) is 9.39. The van der Waals surface area contributed by atoms with Crippen LogP contribution in [0.15, 0.2) is 53.1 Å². The van der Waals surface area contributed by atoms with E-state index in [1.54, 1.807) is 13.3 Å². The van der Waals surface area contributed by atoms with Crippen molar-refractivity contribution < 1.29 is 13.9 Å². The van der Waals surface area contributed by atoms with E-state index in [1.807, 2.05) is 47.4 Å². The molecule has 0 spiro atoms. The first-order valence-corrected chi connectivity index (χ1v) is 9.39. The monoisotopic (exact) mass is 378 g/mol. The molecule has 0 radical (unpaired) electrons. The first kappa shape index (κ1) is 18.2. The molecule has 1 aliphatic rings. The summed E-state index contributed by atoms with van der Waals surface area (Å²) in [5.74, 6) is 1.84. The Hall–Kier alpha value is -3.22. The summed E-state index contributed by atoms with van der Waals surface area (Å²) < 4.78 is 11.2. The van der Waals surface area contributed by atoms with Gasteiger partial charge >= 0.3 is 0 Å². The highest BCUT2D eigenvalue weighted by atomic mass is 16.5. The van der Waals surface area contributed by atoms with Crippen LogP contribution < -0.4 is 4.74 Å². The molecule has 7 heteroatoms. The standard InChI is InChI=1S/C21H22N4O3/c1-27-18-10-3-2-7-15(18)13-19(26)25-12-6-8-16(14-25)20-23-24-21(28-20)17-9-4-5-11-22-17/h2-5,7,9-11,16H,6,8,12-14H2,1H3/t16-/m1/s1. The van der Waals surface area contributed by atoms with Crippen molar-refractivity contribution in [1.82, 2.24) is 20.1 Å². The van der Waals surface area contributed by atoms with Crippen LogP contribution in [0.3, 0.4) is 0 Å². The highest BCUT2D eigenvalue weighted by Crippen LogP contribution is 2.28. The van der Waals surface area contributed by atoms with Crippen LogP contribution in [0.1, 0.15) is 30.2 Å². The van der Waals surface area contributed by atoms with Gasteiger partial charge in [0.15, 0.2) is 0 Å². The Morgan fingerprint density at radius 3 is 2.89 bits per heavy atom. The summed E-state index contributed by atoms with van der Waals surface area (Å²) in [6.45, 7) is 1.32. The maximum Gasteiger partial charge on any atom is 0.266 e. The molecule has 3 heterocycles. The van der Waals surface area contributed by atoms with E-state index in [0.717, 1.165) is 30.7 Å². The van der Waals surface area contributed by atoms with Crippen LogP contribution in [0.25, 0.3) is 11.6 Å². The van der Waals surface area contributed by atoms with Crippen molar-refractivity contribution in [2.45, 2.75) is 25.2 Å². The lowest BCUT2D eigenvalue weighted by Gasteiger charge is -2.31. The third-order valence-corrected chi connectivity index (χ3v) is 4.98. The van der Waals surface area contributed by atoms with Crippen molar-refractivity contribution in [1.29, 1.82) is 0 Å². The molecule has 0 aliphatic carbocycles. The number of piperidine rings is 1. The number of carbonyl (C=O) groups is 1. The van der Waals surface area contributed by atoms with Crippen LogP contribution in [-0.4, -0.2) is 46.2 Å². The fraction of sp³-hybridized carbons (Fsp3) is 0.333. The van der Waals surface area contributed by atoms with Crippen molar-refractivity contribution in [2.75, 3.05) is 20.2 Å². The van der Waals surface area contributed by atoms with Gasteiger partial charge in [0, 0.05) is 24.8 Å². The topological polar surface area (TPSA) is 81.4 Å². The van der Waals surface area contributed by atoms with E-state index in [4.69, 9.17) is 9.15 Å². The Balaban J connectivity index is 1.44. The van der Waals surface area contributed by atoms with Crippen LogP contribution in [0.4, 0.5) is 0 Å². The van der Waals surface area contributed by atoms with E-state index in [9.17, 15) is 4.79 Å². The minimum Gasteiger partial charge on any atom is -0.496 e. The van der Waals surface area contributed by atoms with Gasteiger partial charge in [0.25, 0.3) is 5.89 Å². The Labute approximate surface area is 163 Å². The molecule has 28 heavy (non-hydrogen) atoms. The Morgan fingerprint density at radius 1 is 1.21 bits per heavy atom. The molecule has 1 aromatic carbocycles. The number of carbonyl (C=O) groups excluding carboxylic acids is 1. The van der Waals surface area contributed by atoms with E-state index in [0.29, 0.717) is 30.4 Å². The highest BCUT2D eigenvalue weighted by Gasteiger charge is 2.29. The van der Waals surface area contributed by atoms with E-state index in [2.05, 4.69) is 15.2 Å². The van der Waals surface area contributed by atoms with Gasteiger partial charge in [-0.2, -0.15) is 0 Å². The maximum absolute atomic E-state index is 12.8. The fourth-order valence-corrected chi connectivity index (χ4v) is 3.52. The van der Waals surface area contributed by atoms with Gasteiger partial charge in [0.05, 0.1) is 19.4 Å². The first-order chi connectivity index (χ1) is 13.7. The average molecular weight is 378 g/mol. The third kappa shape index (κ3) is 3.88. The van der Waals surface area contributed by atoms with Crippen LogP contribution in [-0.2, 0) is 11.2 Å². The van der Waals surface area contributed by atoms with Gasteiger partial charge in [-0.1, -0.05) is 24.3 Å². The summed E-state index contributed by atoms with van der Waals surface area (Å²) in [5.41, 5.74) is 1.55. The molecule has 1 atom stereocenters. The summed E-state index contributed by atoms with van der Waals surface area (Å²) in [6.07, 6.45) is 3.84. The molecule has 0 saturated carbocycles. The summed E-state index contributed by atoms with van der Waals surface area (Å²) in [4.78, 5) is 19.0. The second kappa shape index (κ2) is 8.21. The van der Waals surface area contributed by atoms with Crippen LogP contribution in [0.5, 0.6) is 5.75 Å². The van der Waals surface area contributed by atoms with Gasteiger partial charge in [-0.25, -0.2) is 0 Å². The summed E-state index contributed by atoms with van der Waals surface area (Å²) in [7, 11) is 1.62. The van der Waals surface area contributed by atoms with E-state index >= 15 is 0 Å². The van der Waals surface area contributed by atoms with Crippen molar-refractivity contribution in [3.63, 3.8) is 0 Å². The van der Waals surface area contributed by atoms with Crippen LogP contribution in [0.2, 0.25) is 0 Å². The predicted molar refractivity (Wildman–Crippen MR) is 103 cm³/mol. The van der Waals surface area contributed by atoms with Gasteiger partial charge in [-0.15, -0.1) is 10.2 Å². The zero-order valence-electron chi connectivity index (χ0n) is 15.7. The van der Waals surface area contributed by atoms with Gasteiger partial charge in [0.2, 0.25) is 11.8 Å². The number of methoxy groups -OCH3 is 1. The molecular weight excluding hydrogens is 356 g/mol. The Bertz CT molecular complexity index is 942. The molecule has 1 saturated heterocycles. The van der Waals surface area contributed by atoms with Gasteiger partial charge in [-0.3, -0.25) is 9.78 Å². The minimum atomic E-state index is 0.0420. The zero-order chi connectivity index (χ0) is 19.3. The van der Waals surface area contributed by atoms with E-state index in [-0.39, 0.29) is 11.8 Å². The number of aromatic nitrogens is 3.